The summed E-state index contributed by atoms with van der Waals surface area (Å²) in [7, 11) is -2.08. The van der Waals surface area contributed by atoms with Gasteiger partial charge in [-0.1, -0.05) is 26.0 Å². The number of aryl methyl sites for hydroxylation is 1. The van der Waals surface area contributed by atoms with E-state index in [-0.39, 0.29) is 11.4 Å². The average Bonchev–Trinajstić information content (AvgIpc) is 3.09. The van der Waals surface area contributed by atoms with Crippen LogP contribution >= 0.6 is 0 Å². The van der Waals surface area contributed by atoms with Crippen LogP contribution in [0.1, 0.15) is 43.7 Å². The summed E-state index contributed by atoms with van der Waals surface area (Å²) in [6.07, 6.45) is 0. The second-order valence-corrected chi connectivity index (χ2v) is 9.51. The van der Waals surface area contributed by atoms with Crippen LogP contribution in [0, 0.1) is 6.92 Å². The fourth-order valence-electron chi connectivity index (χ4n) is 3.06. The number of hydrogen-bond acceptors (Lipinski definition) is 5. The average molecular weight is 429 g/mol. The number of rotatable bonds is 8. The van der Waals surface area contributed by atoms with Gasteiger partial charge in [0.05, 0.1) is 23.7 Å². The summed E-state index contributed by atoms with van der Waals surface area (Å²) in [6.45, 7) is 8.60. The fraction of sp³-hybridized carbons (Fsp3) is 0.348. The van der Waals surface area contributed by atoms with E-state index in [4.69, 9.17) is 9.15 Å². The molecule has 3 rings (SSSR count). The summed E-state index contributed by atoms with van der Waals surface area (Å²) in [5, 5.41) is 0. The Balaban J connectivity index is 1.78. The van der Waals surface area contributed by atoms with E-state index in [1.807, 2.05) is 43.3 Å². The lowest BCUT2D eigenvalue weighted by Crippen LogP contribution is -2.27. The molecule has 0 unspecified atom stereocenters. The third kappa shape index (κ3) is 4.74. The topological polar surface area (TPSA) is 72.6 Å². The second-order valence-electron chi connectivity index (χ2n) is 7.46. The number of hydrogen-bond donors (Lipinski definition) is 0. The quantitative estimate of drug-likeness (QED) is 0.505. The number of oxazole rings is 1. The molecule has 0 fully saturated rings. The van der Waals surface area contributed by atoms with Gasteiger partial charge < -0.3 is 9.15 Å². The summed E-state index contributed by atoms with van der Waals surface area (Å²) in [5.41, 5.74) is 2.50. The van der Waals surface area contributed by atoms with E-state index in [1.165, 1.54) is 4.31 Å². The van der Waals surface area contributed by atoms with Crippen LogP contribution in [-0.4, -0.2) is 31.4 Å². The largest absolute Gasteiger partial charge is 0.494 e. The van der Waals surface area contributed by atoms with Crippen LogP contribution in [0.2, 0.25) is 0 Å². The predicted molar refractivity (Wildman–Crippen MR) is 117 cm³/mol. The lowest BCUT2D eigenvalue weighted by molar-refractivity contribution is 0.340. The molecule has 30 heavy (non-hydrogen) atoms. The van der Waals surface area contributed by atoms with Gasteiger partial charge in [0.2, 0.25) is 15.9 Å². The van der Waals surface area contributed by atoms with Crippen molar-refractivity contribution in [2.45, 2.75) is 45.1 Å². The van der Waals surface area contributed by atoms with Gasteiger partial charge in [0, 0.05) is 12.6 Å². The molecule has 2 aromatic carbocycles. The molecule has 160 valence electrons. The summed E-state index contributed by atoms with van der Waals surface area (Å²) in [6, 6.07) is 14.5. The molecule has 0 saturated heterocycles. The smallest absolute Gasteiger partial charge is 0.243 e. The molecular weight excluding hydrogens is 400 g/mol. The van der Waals surface area contributed by atoms with Gasteiger partial charge in [0.1, 0.15) is 11.5 Å². The minimum absolute atomic E-state index is 0.126. The Morgan fingerprint density at radius 1 is 1.07 bits per heavy atom. The van der Waals surface area contributed by atoms with E-state index in [0.717, 1.165) is 16.9 Å². The summed E-state index contributed by atoms with van der Waals surface area (Å²) in [5.74, 6) is 2.17. The zero-order valence-electron chi connectivity index (χ0n) is 18.0. The van der Waals surface area contributed by atoms with Crippen molar-refractivity contribution < 1.29 is 17.6 Å². The molecule has 1 aromatic heterocycles. The van der Waals surface area contributed by atoms with Gasteiger partial charge in [0.25, 0.3) is 0 Å². The van der Waals surface area contributed by atoms with Crippen LogP contribution in [-0.2, 0) is 16.6 Å². The van der Waals surface area contributed by atoms with Crippen molar-refractivity contribution >= 4 is 10.0 Å². The van der Waals surface area contributed by atoms with Gasteiger partial charge >= 0.3 is 0 Å². The number of nitrogens with zero attached hydrogens (tertiary/aromatic N) is 2. The predicted octanol–water partition coefficient (Wildman–Crippen LogP) is 4.99. The molecule has 0 amide bonds. The highest BCUT2D eigenvalue weighted by Crippen LogP contribution is 2.26. The van der Waals surface area contributed by atoms with E-state index in [0.29, 0.717) is 29.9 Å². The second kappa shape index (κ2) is 9.02. The molecule has 0 aliphatic rings. The minimum atomic E-state index is -3.63. The first-order valence-corrected chi connectivity index (χ1v) is 11.4. The van der Waals surface area contributed by atoms with Crippen LogP contribution < -0.4 is 4.74 Å². The van der Waals surface area contributed by atoms with Crippen LogP contribution in [0.4, 0.5) is 0 Å². The van der Waals surface area contributed by atoms with Gasteiger partial charge in [-0.25, -0.2) is 13.4 Å². The van der Waals surface area contributed by atoms with E-state index >= 15 is 0 Å². The van der Waals surface area contributed by atoms with Crippen molar-refractivity contribution in [3.8, 4) is 17.2 Å². The molecule has 0 atom stereocenters. The van der Waals surface area contributed by atoms with Crippen molar-refractivity contribution in [1.82, 2.24) is 9.29 Å². The number of aromatic nitrogens is 1. The molecule has 0 spiro atoms. The molecule has 7 heteroatoms. The van der Waals surface area contributed by atoms with Gasteiger partial charge in [-0.15, -0.1) is 0 Å². The van der Waals surface area contributed by atoms with Crippen molar-refractivity contribution in [3.63, 3.8) is 0 Å². The van der Waals surface area contributed by atoms with Crippen molar-refractivity contribution in [2.75, 3.05) is 13.7 Å². The fourth-order valence-corrected chi connectivity index (χ4v) is 4.19. The third-order valence-corrected chi connectivity index (χ3v) is 6.75. The molecular formula is C23H28N2O4S. The van der Waals surface area contributed by atoms with E-state index < -0.39 is 10.0 Å². The molecule has 0 N–H and O–H groups in total. The monoisotopic (exact) mass is 428 g/mol. The van der Waals surface area contributed by atoms with Crippen LogP contribution in [0.25, 0.3) is 11.5 Å². The van der Waals surface area contributed by atoms with E-state index in [2.05, 4.69) is 18.8 Å². The summed E-state index contributed by atoms with van der Waals surface area (Å²) >= 11 is 0. The molecule has 3 aromatic rings. The molecule has 0 radical (unpaired) electrons. The lowest BCUT2D eigenvalue weighted by Gasteiger charge is -2.17. The first-order chi connectivity index (χ1) is 14.2. The molecule has 0 aliphatic carbocycles. The van der Waals surface area contributed by atoms with Crippen LogP contribution in [0.3, 0.4) is 0 Å². The Morgan fingerprint density at radius 2 is 1.70 bits per heavy atom. The normalized spacial score (nSPS) is 12.0. The Hall–Kier alpha value is -2.64. The number of sulfonamides is 1. The molecule has 1 heterocycles. The Labute approximate surface area is 178 Å². The van der Waals surface area contributed by atoms with Crippen molar-refractivity contribution in [1.29, 1.82) is 0 Å². The van der Waals surface area contributed by atoms with Gasteiger partial charge in [-0.05, 0) is 61.7 Å². The zero-order valence-corrected chi connectivity index (χ0v) is 18.9. The van der Waals surface area contributed by atoms with Crippen LogP contribution in [0.15, 0.2) is 57.8 Å². The summed E-state index contributed by atoms with van der Waals surface area (Å²) in [4.78, 5) is 4.79. The van der Waals surface area contributed by atoms with E-state index in [1.54, 1.807) is 26.1 Å². The van der Waals surface area contributed by atoms with Crippen molar-refractivity contribution in [3.05, 3.63) is 65.5 Å². The summed E-state index contributed by atoms with van der Waals surface area (Å²) < 4.78 is 38.5. The lowest BCUT2D eigenvalue weighted by atomic mass is 10.0. The molecule has 0 bridgehead atoms. The highest BCUT2D eigenvalue weighted by Gasteiger charge is 2.23. The maximum atomic E-state index is 13.0. The molecule has 0 aliphatic heterocycles. The van der Waals surface area contributed by atoms with Crippen molar-refractivity contribution in [2.24, 2.45) is 0 Å². The van der Waals surface area contributed by atoms with Gasteiger partial charge in [-0.2, -0.15) is 4.31 Å². The first-order valence-electron chi connectivity index (χ1n) is 9.98. The zero-order chi connectivity index (χ0) is 21.9. The SMILES string of the molecule is CCOc1ccc(-c2nc(CN(C)S(=O)(=O)c3ccc(C(C)C)cc3)c(C)o2)cc1. The van der Waals surface area contributed by atoms with E-state index in [9.17, 15) is 8.42 Å². The van der Waals surface area contributed by atoms with Gasteiger partial charge in [0.15, 0.2) is 0 Å². The standard InChI is InChI=1S/C23H28N2O4S/c1-6-28-20-11-7-19(8-12-20)23-24-22(17(4)29-23)15-25(5)30(26,27)21-13-9-18(10-14-21)16(2)3/h7-14,16H,6,15H2,1-5H3. The first kappa shape index (κ1) is 22.1. The Morgan fingerprint density at radius 3 is 2.27 bits per heavy atom. The Bertz CT molecular complexity index is 1090. The van der Waals surface area contributed by atoms with Crippen LogP contribution in [0.5, 0.6) is 5.75 Å². The maximum absolute atomic E-state index is 13.0. The third-order valence-electron chi connectivity index (χ3n) is 4.93. The number of ether oxygens (including phenoxy) is 1. The Kier molecular flexibility index (Phi) is 6.63. The maximum Gasteiger partial charge on any atom is 0.243 e. The van der Waals surface area contributed by atoms with Gasteiger partial charge in [-0.3, -0.25) is 0 Å². The highest BCUT2D eigenvalue weighted by atomic mass is 32.2. The molecule has 0 saturated carbocycles. The minimum Gasteiger partial charge on any atom is -0.494 e. The number of benzene rings is 2. The highest BCUT2D eigenvalue weighted by molar-refractivity contribution is 7.89. The molecule has 6 nitrogen and oxygen atoms in total.